The average Bonchev–Trinajstić information content (AvgIpc) is 2.96. The normalized spacial score (nSPS) is 13.5. The van der Waals surface area contributed by atoms with Crippen LogP contribution in [0.2, 0.25) is 0 Å². The lowest BCUT2D eigenvalue weighted by Crippen LogP contribution is -2.33. The number of hydrogen-bond acceptors (Lipinski definition) is 4. The molecule has 0 unspecified atom stereocenters. The van der Waals surface area contributed by atoms with Gasteiger partial charge in [-0.05, 0) is 12.1 Å². The molecule has 1 aliphatic heterocycles. The molecular formula is C18H17FN4O. The van der Waals surface area contributed by atoms with Crippen LogP contribution in [-0.2, 0) is 13.6 Å². The fourth-order valence-corrected chi connectivity index (χ4v) is 2.92. The van der Waals surface area contributed by atoms with E-state index in [1.165, 1.54) is 12.1 Å². The Labute approximate surface area is 139 Å². The molecule has 0 saturated carbocycles. The number of hydrogen-bond donors (Lipinski definition) is 0. The summed E-state index contributed by atoms with van der Waals surface area (Å²) in [5.74, 6) is 1.97. The maximum Gasteiger partial charge on any atom is 0.163 e. The fraction of sp³-hybridized carbons (Fsp3) is 0.222. The Balaban J connectivity index is 1.63. The second kappa shape index (κ2) is 5.96. The van der Waals surface area contributed by atoms with Crippen LogP contribution in [-0.4, -0.2) is 27.9 Å². The summed E-state index contributed by atoms with van der Waals surface area (Å²) in [5, 5.41) is 8.65. The van der Waals surface area contributed by atoms with E-state index in [0.717, 1.165) is 29.4 Å². The van der Waals surface area contributed by atoms with Gasteiger partial charge in [0.15, 0.2) is 11.6 Å². The van der Waals surface area contributed by atoms with Gasteiger partial charge >= 0.3 is 0 Å². The molecule has 0 saturated heterocycles. The smallest absolute Gasteiger partial charge is 0.163 e. The molecule has 0 spiro atoms. The topological polar surface area (TPSA) is 43.2 Å². The van der Waals surface area contributed by atoms with E-state index in [4.69, 9.17) is 4.74 Å². The Morgan fingerprint density at radius 2 is 1.96 bits per heavy atom. The summed E-state index contributed by atoms with van der Waals surface area (Å²) in [7, 11) is 1.96. The van der Waals surface area contributed by atoms with E-state index in [-0.39, 0.29) is 5.82 Å². The van der Waals surface area contributed by atoms with E-state index in [1.54, 1.807) is 6.07 Å². The lowest BCUT2D eigenvalue weighted by molar-refractivity contribution is 0.304. The predicted octanol–water partition coefficient (Wildman–Crippen LogP) is 3.02. The lowest BCUT2D eigenvalue weighted by Gasteiger charge is -2.30. The summed E-state index contributed by atoms with van der Waals surface area (Å²) >= 11 is 0. The van der Waals surface area contributed by atoms with E-state index in [0.29, 0.717) is 18.9 Å². The standard InChI is InChI=1S/C18H17FN4O/c1-22-17(20-21-18(22)13-5-3-2-4-6-13)12-23-9-10-24-16-11-14(19)7-8-15(16)23/h2-8,11H,9-10,12H2,1H3. The molecule has 2 heterocycles. The molecule has 122 valence electrons. The first-order valence-corrected chi connectivity index (χ1v) is 7.83. The third-order valence-electron chi connectivity index (χ3n) is 4.21. The zero-order valence-electron chi connectivity index (χ0n) is 13.3. The number of ether oxygens (including phenoxy) is 1. The number of nitrogens with zero attached hydrogens (tertiary/aromatic N) is 4. The van der Waals surface area contributed by atoms with Crippen molar-refractivity contribution in [3.8, 4) is 17.1 Å². The Kier molecular flexibility index (Phi) is 3.65. The molecule has 0 atom stereocenters. The Hall–Kier alpha value is -2.89. The molecule has 0 radical (unpaired) electrons. The Morgan fingerprint density at radius 3 is 2.79 bits per heavy atom. The van der Waals surface area contributed by atoms with E-state index in [9.17, 15) is 4.39 Å². The highest BCUT2D eigenvalue weighted by molar-refractivity contribution is 5.60. The summed E-state index contributed by atoms with van der Waals surface area (Å²) in [6, 6.07) is 14.6. The number of rotatable bonds is 3. The highest BCUT2D eigenvalue weighted by atomic mass is 19.1. The molecule has 0 bridgehead atoms. The monoisotopic (exact) mass is 324 g/mol. The molecule has 5 nitrogen and oxygen atoms in total. The number of benzene rings is 2. The molecule has 2 aromatic carbocycles. The molecule has 1 aromatic heterocycles. The minimum Gasteiger partial charge on any atom is -0.489 e. The molecule has 0 aliphatic carbocycles. The van der Waals surface area contributed by atoms with Crippen molar-refractivity contribution in [1.29, 1.82) is 0 Å². The van der Waals surface area contributed by atoms with Gasteiger partial charge in [0.05, 0.1) is 18.8 Å². The molecule has 24 heavy (non-hydrogen) atoms. The van der Waals surface area contributed by atoms with Gasteiger partial charge in [-0.3, -0.25) is 0 Å². The van der Waals surface area contributed by atoms with Crippen molar-refractivity contribution in [1.82, 2.24) is 14.8 Å². The van der Waals surface area contributed by atoms with Crippen LogP contribution in [0.3, 0.4) is 0 Å². The summed E-state index contributed by atoms with van der Waals surface area (Å²) in [6.07, 6.45) is 0. The van der Waals surface area contributed by atoms with Crippen molar-refractivity contribution in [2.75, 3.05) is 18.1 Å². The zero-order valence-corrected chi connectivity index (χ0v) is 13.3. The first-order chi connectivity index (χ1) is 11.7. The summed E-state index contributed by atoms with van der Waals surface area (Å²) in [6.45, 7) is 1.85. The van der Waals surface area contributed by atoms with Gasteiger partial charge in [0.2, 0.25) is 0 Å². The molecule has 0 N–H and O–H groups in total. The Bertz CT molecular complexity index is 863. The lowest BCUT2D eigenvalue weighted by atomic mass is 10.2. The third-order valence-corrected chi connectivity index (χ3v) is 4.21. The van der Waals surface area contributed by atoms with Crippen molar-refractivity contribution in [3.63, 3.8) is 0 Å². The second-order valence-corrected chi connectivity index (χ2v) is 5.75. The van der Waals surface area contributed by atoms with Crippen molar-refractivity contribution < 1.29 is 9.13 Å². The van der Waals surface area contributed by atoms with Crippen LogP contribution < -0.4 is 9.64 Å². The van der Waals surface area contributed by atoms with Crippen LogP contribution in [0.15, 0.2) is 48.5 Å². The molecule has 0 fully saturated rings. The van der Waals surface area contributed by atoms with E-state index in [2.05, 4.69) is 15.1 Å². The zero-order chi connectivity index (χ0) is 16.5. The van der Waals surface area contributed by atoms with Gasteiger partial charge < -0.3 is 14.2 Å². The van der Waals surface area contributed by atoms with Crippen molar-refractivity contribution in [3.05, 3.63) is 60.2 Å². The predicted molar refractivity (Wildman–Crippen MR) is 89.4 cm³/mol. The van der Waals surface area contributed by atoms with Crippen LogP contribution in [0, 0.1) is 5.82 Å². The van der Waals surface area contributed by atoms with Gasteiger partial charge in [-0.15, -0.1) is 10.2 Å². The first kappa shape index (κ1) is 14.7. The largest absolute Gasteiger partial charge is 0.489 e. The van der Waals surface area contributed by atoms with E-state index >= 15 is 0 Å². The van der Waals surface area contributed by atoms with E-state index < -0.39 is 0 Å². The molecule has 0 amide bonds. The maximum absolute atomic E-state index is 13.4. The quantitative estimate of drug-likeness (QED) is 0.743. The van der Waals surface area contributed by atoms with Gasteiger partial charge in [-0.25, -0.2) is 4.39 Å². The average molecular weight is 324 g/mol. The highest BCUT2D eigenvalue weighted by Gasteiger charge is 2.21. The SMILES string of the molecule is Cn1c(CN2CCOc3cc(F)ccc32)nnc1-c1ccccc1. The van der Waals surface area contributed by atoms with Crippen molar-refractivity contribution >= 4 is 5.69 Å². The third kappa shape index (κ3) is 2.60. The number of aromatic nitrogens is 3. The number of halogens is 1. The molecule has 4 rings (SSSR count). The molecular weight excluding hydrogens is 307 g/mol. The van der Waals surface area contributed by atoms with Gasteiger partial charge in [-0.1, -0.05) is 30.3 Å². The summed E-state index contributed by atoms with van der Waals surface area (Å²) in [5.41, 5.74) is 1.91. The van der Waals surface area contributed by atoms with Crippen LogP contribution in [0.1, 0.15) is 5.82 Å². The minimum atomic E-state index is -0.291. The van der Waals surface area contributed by atoms with Gasteiger partial charge in [0.1, 0.15) is 18.2 Å². The fourth-order valence-electron chi connectivity index (χ4n) is 2.92. The molecule has 6 heteroatoms. The van der Waals surface area contributed by atoms with E-state index in [1.807, 2.05) is 41.9 Å². The van der Waals surface area contributed by atoms with Gasteiger partial charge in [0, 0.05) is 18.7 Å². The van der Waals surface area contributed by atoms with Crippen molar-refractivity contribution in [2.45, 2.75) is 6.54 Å². The highest BCUT2D eigenvalue weighted by Crippen LogP contribution is 2.33. The minimum absolute atomic E-state index is 0.291. The molecule has 3 aromatic rings. The van der Waals surface area contributed by atoms with Crippen LogP contribution in [0.5, 0.6) is 5.75 Å². The van der Waals surface area contributed by atoms with Crippen LogP contribution in [0.25, 0.3) is 11.4 Å². The second-order valence-electron chi connectivity index (χ2n) is 5.75. The number of anilines is 1. The van der Waals surface area contributed by atoms with Gasteiger partial charge in [-0.2, -0.15) is 0 Å². The molecule has 1 aliphatic rings. The van der Waals surface area contributed by atoms with Gasteiger partial charge in [0.25, 0.3) is 0 Å². The Morgan fingerprint density at radius 1 is 1.12 bits per heavy atom. The van der Waals surface area contributed by atoms with Crippen LogP contribution in [0.4, 0.5) is 10.1 Å². The number of fused-ring (bicyclic) bond motifs is 1. The maximum atomic E-state index is 13.4. The first-order valence-electron chi connectivity index (χ1n) is 7.83. The van der Waals surface area contributed by atoms with Crippen molar-refractivity contribution in [2.24, 2.45) is 7.05 Å². The summed E-state index contributed by atoms with van der Waals surface area (Å²) in [4.78, 5) is 2.14. The summed E-state index contributed by atoms with van der Waals surface area (Å²) < 4.78 is 20.9. The van der Waals surface area contributed by atoms with Crippen LogP contribution >= 0.6 is 0 Å².